The largest absolute Gasteiger partial charge is 0.461 e. The Kier molecular flexibility index (Phi) is 7.94. The molecule has 0 N–H and O–H groups in total. The third-order valence-electron chi connectivity index (χ3n) is 5.67. The Morgan fingerprint density at radius 3 is 2.26 bits per heavy atom. The Hall–Kier alpha value is -3.81. The van der Waals surface area contributed by atoms with Crippen LogP contribution in [-0.2, 0) is 17.8 Å². The molecule has 178 valence electrons. The van der Waals surface area contributed by atoms with E-state index in [2.05, 4.69) is 4.98 Å². The van der Waals surface area contributed by atoms with Gasteiger partial charge in [-0.3, -0.25) is 14.6 Å². The minimum atomic E-state index is -0.486. The molecule has 34 heavy (non-hydrogen) atoms. The molecule has 8 heteroatoms. The van der Waals surface area contributed by atoms with E-state index in [1.807, 2.05) is 6.92 Å². The molecule has 1 amide bonds. The number of aromatic nitrogens is 2. The molecule has 0 bridgehead atoms. The number of amides is 1. The zero-order valence-corrected chi connectivity index (χ0v) is 19.8. The van der Waals surface area contributed by atoms with Gasteiger partial charge in [-0.05, 0) is 75.2 Å². The lowest BCUT2D eigenvalue weighted by Crippen LogP contribution is -2.35. The average Bonchev–Trinajstić information content (AvgIpc) is 3.08. The number of carbonyl (C=O) groups is 3. The number of rotatable bonds is 9. The Labute approximate surface area is 198 Å². The summed E-state index contributed by atoms with van der Waals surface area (Å²) < 4.78 is 20.3. The van der Waals surface area contributed by atoms with Gasteiger partial charge in [-0.25, -0.2) is 9.18 Å². The lowest BCUT2D eigenvalue weighted by Gasteiger charge is -2.22. The lowest BCUT2D eigenvalue weighted by atomic mass is 10.0. The lowest BCUT2D eigenvalue weighted by molar-refractivity contribution is 0.0512. The van der Waals surface area contributed by atoms with Gasteiger partial charge >= 0.3 is 5.97 Å². The van der Waals surface area contributed by atoms with Crippen molar-refractivity contribution in [2.45, 2.75) is 40.8 Å². The summed E-state index contributed by atoms with van der Waals surface area (Å²) >= 11 is 0. The third-order valence-corrected chi connectivity index (χ3v) is 5.67. The first-order valence-corrected chi connectivity index (χ1v) is 11.1. The van der Waals surface area contributed by atoms with E-state index < -0.39 is 17.7 Å². The molecule has 0 spiro atoms. The van der Waals surface area contributed by atoms with E-state index in [-0.39, 0.29) is 31.0 Å². The normalized spacial score (nSPS) is 10.7. The maximum absolute atomic E-state index is 13.5. The van der Waals surface area contributed by atoms with Crippen LogP contribution in [0, 0.1) is 19.7 Å². The van der Waals surface area contributed by atoms with Crippen molar-refractivity contribution in [1.82, 2.24) is 14.5 Å². The van der Waals surface area contributed by atoms with E-state index in [4.69, 9.17) is 4.74 Å². The van der Waals surface area contributed by atoms with Gasteiger partial charge in [0.05, 0.1) is 13.2 Å². The van der Waals surface area contributed by atoms with E-state index in [0.29, 0.717) is 29.1 Å². The Balaban J connectivity index is 1.97. The second-order valence-corrected chi connectivity index (χ2v) is 7.85. The van der Waals surface area contributed by atoms with Crippen molar-refractivity contribution in [3.8, 4) is 0 Å². The summed E-state index contributed by atoms with van der Waals surface area (Å²) in [6.07, 6.45) is 3.22. The van der Waals surface area contributed by atoms with Crippen molar-refractivity contribution in [2.24, 2.45) is 0 Å². The SMILES string of the molecule is CCOC(=O)c1c(C)c(C(=O)CN(Cc2ccncc2)C(=O)c2ccc(F)cc2)c(C)n1CC. The quantitative estimate of drug-likeness (QED) is 0.346. The van der Waals surface area contributed by atoms with Gasteiger partial charge < -0.3 is 14.2 Å². The molecule has 2 aromatic heterocycles. The van der Waals surface area contributed by atoms with Crippen LogP contribution < -0.4 is 0 Å². The van der Waals surface area contributed by atoms with Crippen LogP contribution in [0.3, 0.4) is 0 Å². The standard InChI is InChI=1S/C26H28FN3O4/c1-5-30-18(4)23(17(3)24(30)26(33)34-6-2)22(31)16-29(15-19-11-13-28-14-12-19)25(32)20-7-9-21(27)10-8-20/h7-14H,5-6,15-16H2,1-4H3. The van der Waals surface area contributed by atoms with Gasteiger partial charge in [-0.15, -0.1) is 0 Å². The summed E-state index contributed by atoms with van der Waals surface area (Å²) in [5, 5.41) is 0. The number of pyridine rings is 1. The smallest absolute Gasteiger partial charge is 0.355 e. The fourth-order valence-electron chi connectivity index (χ4n) is 4.10. The highest BCUT2D eigenvalue weighted by molar-refractivity contribution is 6.06. The predicted octanol–water partition coefficient (Wildman–Crippen LogP) is 4.36. The van der Waals surface area contributed by atoms with E-state index in [0.717, 1.165) is 5.56 Å². The molecule has 7 nitrogen and oxygen atoms in total. The van der Waals surface area contributed by atoms with E-state index >= 15 is 0 Å². The molecule has 3 aromatic rings. The van der Waals surface area contributed by atoms with E-state index in [9.17, 15) is 18.8 Å². The molecule has 0 aliphatic rings. The summed E-state index contributed by atoms with van der Waals surface area (Å²) in [5.74, 6) is -1.63. The van der Waals surface area contributed by atoms with Crippen molar-refractivity contribution in [1.29, 1.82) is 0 Å². The van der Waals surface area contributed by atoms with Crippen molar-refractivity contribution >= 4 is 17.7 Å². The van der Waals surface area contributed by atoms with Gasteiger partial charge in [-0.2, -0.15) is 0 Å². The first-order chi connectivity index (χ1) is 16.3. The number of carbonyl (C=O) groups excluding carboxylic acids is 3. The van der Waals surface area contributed by atoms with E-state index in [1.54, 1.807) is 49.9 Å². The topological polar surface area (TPSA) is 81.5 Å². The number of ketones is 1. The summed E-state index contributed by atoms with van der Waals surface area (Å²) in [6, 6.07) is 8.73. The minimum absolute atomic E-state index is 0.168. The number of esters is 1. The molecule has 0 atom stereocenters. The van der Waals surface area contributed by atoms with Gasteiger partial charge in [-0.1, -0.05) is 0 Å². The monoisotopic (exact) mass is 465 g/mol. The van der Waals surface area contributed by atoms with Gasteiger partial charge in [0.25, 0.3) is 5.91 Å². The molecule has 2 heterocycles. The predicted molar refractivity (Wildman–Crippen MR) is 125 cm³/mol. The fraction of sp³-hybridized carbons (Fsp3) is 0.308. The van der Waals surface area contributed by atoms with Crippen molar-refractivity contribution in [3.05, 3.63) is 88.3 Å². The highest BCUT2D eigenvalue weighted by atomic mass is 19.1. The van der Waals surface area contributed by atoms with Crippen molar-refractivity contribution in [3.63, 3.8) is 0 Å². The maximum Gasteiger partial charge on any atom is 0.355 e. The van der Waals surface area contributed by atoms with E-state index in [1.165, 1.54) is 29.2 Å². The molecule has 0 saturated heterocycles. The third kappa shape index (κ3) is 5.22. The number of benzene rings is 1. The molecule has 0 saturated carbocycles. The summed E-state index contributed by atoms with van der Waals surface area (Å²) in [5.41, 5.74) is 2.99. The van der Waals surface area contributed by atoms with Crippen LogP contribution in [0.4, 0.5) is 4.39 Å². The van der Waals surface area contributed by atoms with Crippen molar-refractivity contribution in [2.75, 3.05) is 13.2 Å². The molecule has 1 aromatic carbocycles. The van der Waals surface area contributed by atoms with Crippen LogP contribution in [0.5, 0.6) is 0 Å². The molecule has 0 unspecified atom stereocenters. The number of ether oxygens (including phenoxy) is 1. The minimum Gasteiger partial charge on any atom is -0.461 e. The number of Topliss-reactive ketones (excluding diaryl/α,β-unsaturated/α-hetero) is 1. The summed E-state index contributed by atoms with van der Waals surface area (Å²) in [4.78, 5) is 44.8. The average molecular weight is 466 g/mol. The summed E-state index contributed by atoms with van der Waals surface area (Å²) in [6.45, 7) is 7.78. The van der Waals surface area contributed by atoms with Gasteiger partial charge in [0, 0.05) is 42.3 Å². The zero-order valence-electron chi connectivity index (χ0n) is 19.8. The molecular formula is C26H28FN3O4. The Morgan fingerprint density at radius 1 is 1.03 bits per heavy atom. The van der Waals surface area contributed by atoms with Crippen LogP contribution >= 0.6 is 0 Å². The fourth-order valence-corrected chi connectivity index (χ4v) is 4.10. The number of halogens is 1. The second kappa shape index (κ2) is 10.9. The van der Waals surface area contributed by atoms with Gasteiger partial charge in [0.1, 0.15) is 11.5 Å². The maximum atomic E-state index is 13.5. The van der Waals surface area contributed by atoms with Crippen molar-refractivity contribution < 1.29 is 23.5 Å². The van der Waals surface area contributed by atoms with Crippen LogP contribution in [-0.4, -0.2) is 45.3 Å². The first kappa shape index (κ1) is 24.8. The zero-order chi connectivity index (χ0) is 24.8. The number of hydrogen-bond donors (Lipinski definition) is 0. The molecular weight excluding hydrogens is 437 g/mol. The van der Waals surface area contributed by atoms with Gasteiger partial charge in [0.15, 0.2) is 5.78 Å². The Morgan fingerprint density at radius 2 is 1.68 bits per heavy atom. The van der Waals surface area contributed by atoms with Crippen LogP contribution in [0.2, 0.25) is 0 Å². The van der Waals surface area contributed by atoms with Crippen LogP contribution in [0.15, 0.2) is 48.8 Å². The molecule has 3 rings (SSSR count). The second-order valence-electron chi connectivity index (χ2n) is 7.85. The highest BCUT2D eigenvalue weighted by Crippen LogP contribution is 2.25. The number of nitrogens with zero attached hydrogens (tertiary/aromatic N) is 3. The van der Waals surface area contributed by atoms with Gasteiger partial charge in [0.2, 0.25) is 0 Å². The highest BCUT2D eigenvalue weighted by Gasteiger charge is 2.28. The summed E-state index contributed by atoms with van der Waals surface area (Å²) in [7, 11) is 0. The van der Waals surface area contributed by atoms with Crippen LogP contribution in [0.1, 0.15) is 61.9 Å². The molecule has 0 aliphatic carbocycles. The number of hydrogen-bond acceptors (Lipinski definition) is 5. The molecule has 0 fully saturated rings. The first-order valence-electron chi connectivity index (χ1n) is 11.1. The Bertz CT molecular complexity index is 1190. The molecule has 0 radical (unpaired) electrons. The molecule has 0 aliphatic heterocycles. The van der Waals surface area contributed by atoms with Crippen LogP contribution in [0.25, 0.3) is 0 Å².